The smallest absolute Gasteiger partial charge is 0.331 e. The van der Waals surface area contributed by atoms with Gasteiger partial charge >= 0.3 is 5.97 Å². The van der Waals surface area contributed by atoms with Crippen LogP contribution in [0.5, 0.6) is 0 Å². The molecule has 4 heteroatoms. The van der Waals surface area contributed by atoms with Crippen LogP contribution < -0.4 is 5.32 Å². The summed E-state index contributed by atoms with van der Waals surface area (Å²) in [5.74, 6) is -0.130. The molecule has 0 aliphatic carbocycles. The Morgan fingerprint density at radius 2 is 2.44 bits per heavy atom. The Balaban J connectivity index is 2.08. The SMILES string of the molecule is CCC(=CCNCCC1CCOC1)C(=O)O. The highest BCUT2D eigenvalue weighted by atomic mass is 16.5. The summed E-state index contributed by atoms with van der Waals surface area (Å²) in [5, 5.41) is 12.0. The van der Waals surface area contributed by atoms with Crippen LogP contribution in [0.4, 0.5) is 0 Å². The van der Waals surface area contributed by atoms with E-state index < -0.39 is 5.97 Å². The molecule has 1 fully saturated rings. The first-order valence-corrected chi connectivity index (χ1v) is 5.94. The summed E-state index contributed by atoms with van der Waals surface area (Å²) in [6.07, 6.45) is 4.61. The van der Waals surface area contributed by atoms with Crippen LogP contribution >= 0.6 is 0 Å². The first-order valence-electron chi connectivity index (χ1n) is 5.94. The second kappa shape index (κ2) is 7.41. The fourth-order valence-corrected chi connectivity index (χ4v) is 1.80. The maximum Gasteiger partial charge on any atom is 0.331 e. The lowest BCUT2D eigenvalue weighted by atomic mass is 10.1. The monoisotopic (exact) mass is 227 g/mol. The Hall–Kier alpha value is -0.870. The molecule has 0 aromatic carbocycles. The van der Waals surface area contributed by atoms with Gasteiger partial charge in [0.15, 0.2) is 0 Å². The zero-order valence-corrected chi connectivity index (χ0v) is 9.87. The average molecular weight is 227 g/mol. The van der Waals surface area contributed by atoms with Gasteiger partial charge in [0.2, 0.25) is 0 Å². The largest absolute Gasteiger partial charge is 0.478 e. The number of hydrogen-bond acceptors (Lipinski definition) is 3. The summed E-state index contributed by atoms with van der Waals surface area (Å²) in [7, 11) is 0. The van der Waals surface area contributed by atoms with Gasteiger partial charge in [-0.1, -0.05) is 13.0 Å². The summed E-state index contributed by atoms with van der Waals surface area (Å²) in [6, 6.07) is 0. The zero-order valence-electron chi connectivity index (χ0n) is 9.87. The van der Waals surface area contributed by atoms with Crippen molar-refractivity contribution < 1.29 is 14.6 Å². The standard InChI is InChI=1S/C12H21NO3/c1-2-11(12(14)15)4-7-13-6-3-10-5-8-16-9-10/h4,10,13H,2-3,5-9H2,1H3,(H,14,15). The molecule has 0 saturated carbocycles. The number of hydrogen-bond donors (Lipinski definition) is 2. The molecule has 0 spiro atoms. The van der Waals surface area contributed by atoms with Gasteiger partial charge < -0.3 is 15.2 Å². The normalized spacial score (nSPS) is 21.3. The van der Waals surface area contributed by atoms with E-state index in [0.29, 0.717) is 24.5 Å². The Labute approximate surface area is 96.7 Å². The number of rotatable bonds is 7. The lowest BCUT2D eigenvalue weighted by molar-refractivity contribution is -0.132. The molecule has 92 valence electrons. The fraction of sp³-hybridized carbons (Fsp3) is 0.750. The van der Waals surface area contributed by atoms with Crippen LogP contribution in [0.3, 0.4) is 0 Å². The zero-order chi connectivity index (χ0) is 11.8. The highest BCUT2D eigenvalue weighted by molar-refractivity contribution is 5.86. The lowest BCUT2D eigenvalue weighted by Gasteiger charge is -2.07. The molecule has 0 radical (unpaired) electrons. The van der Waals surface area contributed by atoms with Gasteiger partial charge in [-0.3, -0.25) is 0 Å². The first kappa shape index (κ1) is 13.2. The van der Waals surface area contributed by atoms with Gasteiger partial charge in [-0.05, 0) is 31.7 Å². The number of aliphatic carboxylic acids is 1. The maximum absolute atomic E-state index is 10.7. The maximum atomic E-state index is 10.7. The number of carboxylic acid groups (broad SMARTS) is 1. The van der Waals surface area contributed by atoms with Crippen molar-refractivity contribution in [1.82, 2.24) is 5.32 Å². The van der Waals surface area contributed by atoms with E-state index in [1.54, 1.807) is 6.08 Å². The van der Waals surface area contributed by atoms with Gasteiger partial charge in [0.1, 0.15) is 0 Å². The molecule has 16 heavy (non-hydrogen) atoms. The van der Waals surface area contributed by atoms with Gasteiger partial charge in [0.25, 0.3) is 0 Å². The third-order valence-corrected chi connectivity index (χ3v) is 2.90. The van der Waals surface area contributed by atoms with Crippen molar-refractivity contribution in [3.05, 3.63) is 11.6 Å². The highest BCUT2D eigenvalue weighted by Crippen LogP contribution is 2.14. The van der Waals surface area contributed by atoms with Gasteiger partial charge in [-0.25, -0.2) is 4.79 Å². The molecule has 4 nitrogen and oxygen atoms in total. The van der Waals surface area contributed by atoms with Crippen molar-refractivity contribution in [2.45, 2.75) is 26.2 Å². The second-order valence-electron chi connectivity index (χ2n) is 4.11. The Morgan fingerprint density at radius 1 is 1.62 bits per heavy atom. The van der Waals surface area contributed by atoms with Crippen LogP contribution in [0.1, 0.15) is 26.2 Å². The number of nitrogens with one attached hydrogen (secondary N) is 1. The fourth-order valence-electron chi connectivity index (χ4n) is 1.80. The highest BCUT2D eigenvalue weighted by Gasteiger charge is 2.14. The molecule has 0 amide bonds. The van der Waals surface area contributed by atoms with Gasteiger partial charge in [0, 0.05) is 25.3 Å². The molecular weight excluding hydrogens is 206 g/mol. The van der Waals surface area contributed by atoms with Crippen LogP contribution in [-0.4, -0.2) is 37.4 Å². The molecule has 1 heterocycles. The number of carbonyl (C=O) groups is 1. The van der Waals surface area contributed by atoms with E-state index in [1.807, 2.05) is 6.92 Å². The minimum atomic E-state index is -0.812. The Morgan fingerprint density at radius 3 is 3.00 bits per heavy atom. The van der Waals surface area contributed by atoms with E-state index in [9.17, 15) is 4.79 Å². The van der Waals surface area contributed by atoms with E-state index in [1.165, 1.54) is 0 Å². The number of ether oxygens (including phenoxy) is 1. The van der Waals surface area contributed by atoms with Crippen molar-refractivity contribution in [2.75, 3.05) is 26.3 Å². The van der Waals surface area contributed by atoms with Crippen LogP contribution in [0.25, 0.3) is 0 Å². The quantitative estimate of drug-likeness (QED) is 0.510. The van der Waals surface area contributed by atoms with Gasteiger partial charge in [-0.2, -0.15) is 0 Å². The molecular formula is C12H21NO3. The topological polar surface area (TPSA) is 58.6 Å². The predicted octanol–water partition coefficient (Wildman–Crippen LogP) is 1.42. The Kier molecular flexibility index (Phi) is 6.11. The molecule has 1 rings (SSSR count). The molecule has 1 saturated heterocycles. The van der Waals surface area contributed by atoms with Crippen LogP contribution in [-0.2, 0) is 9.53 Å². The number of carboxylic acids is 1. The molecule has 0 aromatic heterocycles. The van der Waals surface area contributed by atoms with Gasteiger partial charge in [-0.15, -0.1) is 0 Å². The van der Waals surface area contributed by atoms with Crippen LogP contribution in [0.2, 0.25) is 0 Å². The molecule has 0 bridgehead atoms. The molecule has 1 unspecified atom stereocenters. The van der Waals surface area contributed by atoms with Crippen LogP contribution in [0, 0.1) is 5.92 Å². The summed E-state index contributed by atoms with van der Waals surface area (Å²) in [4.78, 5) is 10.7. The van der Waals surface area contributed by atoms with Crippen molar-refractivity contribution in [1.29, 1.82) is 0 Å². The third kappa shape index (κ3) is 4.77. The average Bonchev–Trinajstić information content (AvgIpc) is 2.75. The van der Waals surface area contributed by atoms with Crippen molar-refractivity contribution in [2.24, 2.45) is 5.92 Å². The lowest BCUT2D eigenvalue weighted by Crippen LogP contribution is -2.19. The van der Waals surface area contributed by atoms with E-state index in [2.05, 4.69) is 5.32 Å². The first-order chi connectivity index (χ1) is 7.74. The summed E-state index contributed by atoms with van der Waals surface area (Å²) < 4.78 is 5.28. The van der Waals surface area contributed by atoms with Crippen molar-refractivity contribution in [3.63, 3.8) is 0 Å². The van der Waals surface area contributed by atoms with E-state index >= 15 is 0 Å². The summed E-state index contributed by atoms with van der Waals surface area (Å²) in [6.45, 7) is 5.20. The minimum absolute atomic E-state index is 0.483. The Bertz CT molecular complexity index is 245. The third-order valence-electron chi connectivity index (χ3n) is 2.90. The predicted molar refractivity (Wildman–Crippen MR) is 62.4 cm³/mol. The van der Waals surface area contributed by atoms with Crippen molar-refractivity contribution >= 4 is 5.97 Å². The summed E-state index contributed by atoms with van der Waals surface area (Å²) in [5.41, 5.74) is 0.483. The van der Waals surface area contributed by atoms with Crippen molar-refractivity contribution in [3.8, 4) is 0 Å². The second-order valence-corrected chi connectivity index (χ2v) is 4.11. The molecule has 1 atom stereocenters. The van der Waals surface area contributed by atoms with Crippen LogP contribution in [0.15, 0.2) is 11.6 Å². The molecule has 2 N–H and O–H groups in total. The van der Waals surface area contributed by atoms with E-state index in [4.69, 9.17) is 9.84 Å². The molecule has 1 aliphatic rings. The van der Waals surface area contributed by atoms with E-state index in [-0.39, 0.29) is 0 Å². The molecule has 1 aliphatic heterocycles. The van der Waals surface area contributed by atoms with E-state index in [0.717, 1.165) is 32.6 Å². The summed E-state index contributed by atoms with van der Waals surface area (Å²) >= 11 is 0. The molecule has 0 aromatic rings. The van der Waals surface area contributed by atoms with Gasteiger partial charge in [0.05, 0.1) is 0 Å². The minimum Gasteiger partial charge on any atom is -0.478 e.